The molecular formula is C7H15NO4S. The van der Waals surface area contributed by atoms with Crippen LogP contribution in [0.2, 0.25) is 0 Å². The third-order valence-electron chi connectivity index (χ3n) is 1.54. The van der Waals surface area contributed by atoms with Crippen LogP contribution in [-0.2, 0) is 14.9 Å². The number of carbonyl (C=O) groups excluding carboxylic acids is 1. The molecule has 0 aromatic heterocycles. The van der Waals surface area contributed by atoms with Crippen LogP contribution < -0.4 is 5.32 Å². The number of unbranched alkanes of at least 4 members (excludes halogenated alkanes) is 1. The van der Waals surface area contributed by atoms with E-state index in [0.717, 1.165) is 6.42 Å². The summed E-state index contributed by atoms with van der Waals surface area (Å²) in [6.45, 7) is 3.11. The largest absolute Gasteiger partial charge is 0.338 e. The topological polar surface area (TPSA) is 83.5 Å². The summed E-state index contributed by atoms with van der Waals surface area (Å²) in [5, 5.41) is 1.02. The average Bonchev–Trinajstić information content (AvgIpc) is 1.95. The molecule has 1 amide bonds. The molecule has 0 bridgehead atoms. The van der Waals surface area contributed by atoms with E-state index in [1.165, 1.54) is 6.92 Å². The van der Waals surface area contributed by atoms with Crippen molar-refractivity contribution < 1.29 is 17.8 Å². The highest BCUT2D eigenvalue weighted by molar-refractivity contribution is 7.86. The second kappa shape index (κ2) is 5.18. The molecule has 2 N–H and O–H groups in total. The lowest BCUT2D eigenvalue weighted by molar-refractivity contribution is -0.119. The maximum atomic E-state index is 10.7. The van der Waals surface area contributed by atoms with Gasteiger partial charge >= 0.3 is 0 Å². The van der Waals surface area contributed by atoms with Gasteiger partial charge in [-0.25, -0.2) is 0 Å². The summed E-state index contributed by atoms with van der Waals surface area (Å²) in [6.07, 6.45) is 1.70. The molecule has 0 rings (SSSR count). The fourth-order valence-corrected chi connectivity index (χ4v) is 1.69. The van der Waals surface area contributed by atoms with Gasteiger partial charge in [0.15, 0.2) is 5.37 Å². The van der Waals surface area contributed by atoms with Crippen LogP contribution >= 0.6 is 0 Å². The van der Waals surface area contributed by atoms with Gasteiger partial charge in [-0.15, -0.1) is 0 Å². The van der Waals surface area contributed by atoms with E-state index in [4.69, 9.17) is 4.55 Å². The van der Waals surface area contributed by atoms with E-state index >= 15 is 0 Å². The van der Waals surface area contributed by atoms with E-state index in [-0.39, 0.29) is 6.42 Å². The molecule has 0 spiro atoms. The minimum Gasteiger partial charge on any atom is -0.338 e. The first-order valence-electron chi connectivity index (χ1n) is 4.11. The molecule has 0 aliphatic rings. The van der Waals surface area contributed by atoms with Crippen LogP contribution in [0.25, 0.3) is 0 Å². The first kappa shape index (κ1) is 12.4. The number of hydrogen-bond donors (Lipinski definition) is 2. The number of nitrogens with one attached hydrogen (secondary N) is 1. The number of rotatable bonds is 5. The minimum absolute atomic E-state index is 0.245. The van der Waals surface area contributed by atoms with Gasteiger partial charge in [-0.1, -0.05) is 19.8 Å². The molecule has 6 heteroatoms. The smallest absolute Gasteiger partial charge is 0.286 e. The molecule has 0 aromatic rings. The minimum atomic E-state index is -4.16. The summed E-state index contributed by atoms with van der Waals surface area (Å²) in [5.74, 6) is -0.460. The second-order valence-corrected chi connectivity index (χ2v) is 4.45. The SMILES string of the molecule is CCCCC(NC(C)=O)S(=O)(=O)O. The van der Waals surface area contributed by atoms with Crippen LogP contribution in [0.1, 0.15) is 33.1 Å². The van der Waals surface area contributed by atoms with Crippen molar-refractivity contribution in [3.8, 4) is 0 Å². The van der Waals surface area contributed by atoms with Gasteiger partial charge in [0.25, 0.3) is 10.1 Å². The van der Waals surface area contributed by atoms with E-state index in [9.17, 15) is 13.2 Å². The number of hydrogen-bond acceptors (Lipinski definition) is 3. The lowest BCUT2D eigenvalue weighted by atomic mass is 10.2. The Hall–Kier alpha value is -0.620. The number of carbonyl (C=O) groups is 1. The molecule has 1 unspecified atom stereocenters. The predicted octanol–water partition coefficient (Wildman–Crippen LogP) is 0.527. The fourth-order valence-electron chi connectivity index (χ4n) is 0.912. The standard InChI is InChI=1S/C7H15NO4S/c1-3-4-5-7(8-6(2)9)13(10,11)12/h7H,3-5H2,1-2H3,(H,8,9)(H,10,11,12). The van der Waals surface area contributed by atoms with Crippen molar-refractivity contribution in [2.24, 2.45) is 0 Å². The van der Waals surface area contributed by atoms with Gasteiger partial charge < -0.3 is 5.32 Å². The third kappa shape index (κ3) is 5.59. The van der Waals surface area contributed by atoms with Gasteiger partial charge in [0.2, 0.25) is 5.91 Å². The summed E-state index contributed by atoms with van der Waals surface area (Å²) in [4.78, 5) is 10.6. The van der Waals surface area contributed by atoms with Crippen molar-refractivity contribution >= 4 is 16.0 Å². The van der Waals surface area contributed by atoms with Crippen LogP contribution in [0.3, 0.4) is 0 Å². The van der Waals surface area contributed by atoms with Crippen molar-refractivity contribution in [3.05, 3.63) is 0 Å². The Morgan fingerprint density at radius 3 is 2.38 bits per heavy atom. The van der Waals surface area contributed by atoms with Gasteiger partial charge in [0.1, 0.15) is 0 Å². The quantitative estimate of drug-likeness (QED) is 0.647. The third-order valence-corrected chi connectivity index (χ3v) is 2.62. The zero-order chi connectivity index (χ0) is 10.5. The molecule has 0 fully saturated rings. The Balaban J connectivity index is 4.29. The van der Waals surface area contributed by atoms with E-state index in [0.29, 0.717) is 6.42 Å². The highest BCUT2D eigenvalue weighted by atomic mass is 32.2. The van der Waals surface area contributed by atoms with Gasteiger partial charge in [0.05, 0.1) is 0 Å². The van der Waals surface area contributed by atoms with Crippen molar-refractivity contribution in [1.82, 2.24) is 5.32 Å². The zero-order valence-corrected chi connectivity index (χ0v) is 8.60. The Morgan fingerprint density at radius 2 is 2.08 bits per heavy atom. The summed E-state index contributed by atoms with van der Waals surface area (Å²) in [5.41, 5.74) is 0. The van der Waals surface area contributed by atoms with Crippen LogP contribution in [0.15, 0.2) is 0 Å². The zero-order valence-electron chi connectivity index (χ0n) is 7.78. The molecule has 13 heavy (non-hydrogen) atoms. The lowest BCUT2D eigenvalue weighted by Crippen LogP contribution is -2.39. The maximum absolute atomic E-state index is 10.7. The Morgan fingerprint density at radius 1 is 1.54 bits per heavy atom. The molecule has 1 atom stereocenters. The molecular weight excluding hydrogens is 194 g/mol. The second-order valence-electron chi connectivity index (χ2n) is 2.85. The highest BCUT2D eigenvalue weighted by Crippen LogP contribution is 2.05. The summed E-state index contributed by atoms with van der Waals surface area (Å²) < 4.78 is 30.1. The molecule has 0 heterocycles. The maximum Gasteiger partial charge on any atom is 0.286 e. The monoisotopic (exact) mass is 209 g/mol. The van der Waals surface area contributed by atoms with E-state index in [1.807, 2.05) is 6.92 Å². The first-order chi connectivity index (χ1) is 5.88. The van der Waals surface area contributed by atoms with Crippen molar-refractivity contribution in [2.75, 3.05) is 0 Å². The summed E-state index contributed by atoms with van der Waals surface area (Å²) in [7, 11) is -4.16. The van der Waals surface area contributed by atoms with Crippen LogP contribution in [0, 0.1) is 0 Å². The summed E-state index contributed by atoms with van der Waals surface area (Å²) >= 11 is 0. The Labute approximate surface area is 78.3 Å². The van der Waals surface area contributed by atoms with E-state index in [1.54, 1.807) is 0 Å². The Bertz CT molecular complexity index is 260. The summed E-state index contributed by atoms with van der Waals surface area (Å²) in [6, 6.07) is 0. The number of amides is 1. The van der Waals surface area contributed by atoms with Gasteiger partial charge in [-0.2, -0.15) is 8.42 Å². The molecule has 0 aromatic carbocycles. The predicted molar refractivity (Wildman–Crippen MR) is 48.7 cm³/mol. The average molecular weight is 209 g/mol. The first-order valence-corrected chi connectivity index (χ1v) is 5.61. The highest BCUT2D eigenvalue weighted by Gasteiger charge is 2.22. The molecule has 0 aliphatic carbocycles. The van der Waals surface area contributed by atoms with Crippen molar-refractivity contribution in [2.45, 2.75) is 38.5 Å². The molecule has 0 saturated heterocycles. The van der Waals surface area contributed by atoms with E-state index < -0.39 is 21.4 Å². The van der Waals surface area contributed by atoms with Crippen LogP contribution in [-0.4, -0.2) is 24.3 Å². The molecule has 0 radical (unpaired) electrons. The molecule has 78 valence electrons. The van der Waals surface area contributed by atoms with E-state index in [2.05, 4.69) is 5.32 Å². The van der Waals surface area contributed by atoms with Crippen LogP contribution in [0.4, 0.5) is 0 Å². The normalized spacial score (nSPS) is 13.8. The van der Waals surface area contributed by atoms with Gasteiger partial charge in [-0.3, -0.25) is 9.35 Å². The molecule has 0 saturated carbocycles. The Kier molecular flexibility index (Phi) is 4.94. The van der Waals surface area contributed by atoms with Gasteiger partial charge in [0, 0.05) is 6.92 Å². The van der Waals surface area contributed by atoms with Crippen molar-refractivity contribution in [3.63, 3.8) is 0 Å². The molecule has 5 nitrogen and oxygen atoms in total. The van der Waals surface area contributed by atoms with Gasteiger partial charge in [-0.05, 0) is 6.42 Å². The lowest BCUT2D eigenvalue weighted by Gasteiger charge is -2.13. The van der Waals surface area contributed by atoms with Crippen LogP contribution in [0.5, 0.6) is 0 Å². The fraction of sp³-hybridized carbons (Fsp3) is 0.857. The van der Waals surface area contributed by atoms with Crippen molar-refractivity contribution in [1.29, 1.82) is 0 Å². The molecule has 0 aliphatic heterocycles.